The molecular formula is C38H32N4. The topological polar surface area (TPSA) is 41.9 Å². The van der Waals surface area contributed by atoms with Gasteiger partial charge in [0.1, 0.15) is 0 Å². The third kappa shape index (κ3) is 4.46. The number of hydrogen-bond acceptors (Lipinski definition) is 4. The monoisotopic (exact) mass is 544 g/mol. The molecule has 0 bridgehead atoms. The van der Waals surface area contributed by atoms with Gasteiger partial charge in [0, 0.05) is 27.8 Å². The zero-order valence-electron chi connectivity index (χ0n) is 24.3. The molecule has 0 N–H and O–H groups in total. The van der Waals surface area contributed by atoms with E-state index in [9.17, 15) is 0 Å². The Kier molecular flexibility index (Phi) is 6.20. The summed E-state index contributed by atoms with van der Waals surface area (Å²) in [4.78, 5) is 17.1. The minimum Gasteiger partial charge on any atom is -0.310 e. The third-order valence-corrected chi connectivity index (χ3v) is 8.22. The normalized spacial score (nSPS) is 13.4. The van der Waals surface area contributed by atoms with Crippen LogP contribution in [0.2, 0.25) is 0 Å². The van der Waals surface area contributed by atoms with E-state index in [-0.39, 0.29) is 5.41 Å². The lowest BCUT2D eigenvalue weighted by Crippen LogP contribution is -2.30. The maximum absolute atomic E-state index is 4.92. The summed E-state index contributed by atoms with van der Waals surface area (Å²) in [6, 6.07) is 42.4. The fourth-order valence-electron chi connectivity index (χ4n) is 5.94. The van der Waals surface area contributed by atoms with Crippen molar-refractivity contribution in [2.75, 3.05) is 4.90 Å². The molecule has 0 radical (unpaired) electrons. The van der Waals surface area contributed by atoms with E-state index in [0.717, 1.165) is 22.4 Å². The van der Waals surface area contributed by atoms with Gasteiger partial charge in [0.25, 0.3) is 0 Å². The number of fused-ring (bicyclic) bond motifs is 2. The molecule has 4 nitrogen and oxygen atoms in total. The second-order valence-electron chi connectivity index (χ2n) is 11.6. The first-order valence-corrected chi connectivity index (χ1v) is 14.4. The lowest BCUT2D eigenvalue weighted by molar-refractivity contribution is 0.630. The average molecular weight is 545 g/mol. The molecule has 5 aromatic carbocycles. The van der Waals surface area contributed by atoms with Crippen LogP contribution in [0.25, 0.3) is 34.2 Å². The van der Waals surface area contributed by atoms with Crippen LogP contribution < -0.4 is 4.90 Å². The third-order valence-electron chi connectivity index (χ3n) is 8.22. The molecule has 1 aliphatic rings. The standard InChI is InChI=1S/C38H32N4/c1-25-15-21-33-31(23-25)38(3,4)32-24-26(2)16-22-34(32)42(33)30-19-17-29(18-20-30)37-40-35(27-11-7-5-8-12-27)39-36(41-37)28-13-9-6-10-14-28/h5-24H,1-4H3. The molecule has 204 valence electrons. The quantitative estimate of drug-likeness (QED) is 0.222. The second-order valence-corrected chi connectivity index (χ2v) is 11.6. The smallest absolute Gasteiger partial charge is 0.164 e. The molecule has 2 heterocycles. The predicted octanol–water partition coefficient (Wildman–Crippen LogP) is 9.60. The lowest BCUT2D eigenvalue weighted by atomic mass is 9.72. The summed E-state index contributed by atoms with van der Waals surface area (Å²) in [5, 5.41) is 0. The number of hydrogen-bond donors (Lipinski definition) is 0. The maximum Gasteiger partial charge on any atom is 0.164 e. The van der Waals surface area contributed by atoms with Crippen molar-refractivity contribution in [2.45, 2.75) is 33.1 Å². The van der Waals surface area contributed by atoms with Crippen LogP contribution in [0.15, 0.2) is 121 Å². The SMILES string of the molecule is Cc1ccc2c(c1)C(C)(C)c1cc(C)ccc1N2c1ccc(-c2nc(-c3ccccc3)nc(-c3ccccc3)n2)cc1. The Morgan fingerprint density at radius 2 is 0.881 bits per heavy atom. The summed E-state index contributed by atoms with van der Waals surface area (Å²) in [5.41, 5.74) is 11.5. The van der Waals surface area contributed by atoms with E-state index in [1.807, 2.05) is 60.7 Å². The number of benzene rings is 5. The molecule has 0 atom stereocenters. The van der Waals surface area contributed by atoms with Crippen molar-refractivity contribution < 1.29 is 0 Å². The van der Waals surface area contributed by atoms with Gasteiger partial charge in [-0.2, -0.15) is 0 Å². The Hall–Kier alpha value is -5.09. The average Bonchev–Trinajstić information content (AvgIpc) is 3.03. The molecular weight excluding hydrogens is 512 g/mol. The number of anilines is 3. The molecule has 0 amide bonds. The fourth-order valence-corrected chi connectivity index (χ4v) is 5.94. The Balaban J connectivity index is 1.35. The first-order chi connectivity index (χ1) is 20.4. The highest BCUT2D eigenvalue weighted by Crippen LogP contribution is 2.52. The van der Waals surface area contributed by atoms with E-state index in [1.165, 1.54) is 33.6 Å². The van der Waals surface area contributed by atoms with Gasteiger partial charge < -0.3 is 4.90 Å². The lowest BCUT2D eigenvalue weighted by Gasteiger charge is -2.42. The summed E-state index contributed by atoms with van der Waals surface area (Å²) >= 11 is 0. The Bertz CT molecular complexity index is 1800. The Morgan fingerprint density at radius 3 is 1.31 bits per heavy atom. The highest BCUT2D eigenvalue weighted by molar-refractivity contribution is 5.86. The van der Waals surface area contributed by atoms with Gasteiger partial charge >= 0.3 is 0 Å². The first kappa shape index (κ1) is 25.8. The summed E-state index contributed by atoms with van der Waals surface area (Å²) in [7, 11) is 0. The first-order valence-electron chi connectivity index (χ1n) is 14.4. The molecule has 0 unspecified atom stereocenters. The van der Waals surface area contributed by atoms with Crippen LogP contribution in [0, 0.1) is 13.8 Å². The second kappa shape index (κ2) is 10.1. The minimum atomic E-state index is -0.105. The summed E-state index contributed by atoms with van der Waals surface area (Å²) < 4.78 is 0. The molecule has 0 saturated carbocycles. The van der Waals surface area contributed by atoms with Crippen LogP contribution in [0.5, 0.6) is 0 Å². The van der Waals surface area contributed by atoms with Gasteiger partial charge in [0.15, 0.2) is 17.5 Å². The van der Waals surface area contributed by atoms with E-state index in [0.29, 0.717) is 17.5 Å². The minimum absolute atomic E-state index is 0.105. The molecule has 1 aromatic heterocycles. The highest BCUT2D eigenvalue weighted by Gasteiger charge is 2.37. The number of nitrogens with zero attached hydrogens (tertiary/aromatic N) is 4. The molecule has 1 aliphatic heterocycles. The van der Waals surface area contributed by atoms with Crippen LogP contribution in [0.1, 0.15) is 36.1 Å². The van der Waals surface area contributed by atoms with Gasteiger partial charge in [0.2, 0.25) is 0 Å². The van der Waals surface area contributed by atoms with Gasteiger partial charge in [-0.05, 0) is 61.4 Å². The summed E-state index contributed by atoms with van der Waals surface area (Å²) in [6.45, 7) is 9.01. The maximum atomic E-state index is 4.92. The zero-order valence-corrected chi connectivity index (χ0v) is 24.3. The van der Waals surface area contributed by atoms with Crippen molar-refractivity contribution in [3.05, 3.63) is 144 Å². The molecule has 0 spiro atoms. The molecule has 0 fully saturated rings. The van der Waals surface area contributed by atoms with Crippen LogP contribution in [-0.4, -0.2) is 15.0 Å². The molecule has 0 aliphatic carbocycles. The number of aryl methyl sites for hydroxylation is 2. The van der Waals surface area contributed by atoms with E-state index >= 15 is 0 Å². The van der Waals surface area contributed by atoms with Gasteiger partial charge in [-0.15, -0.1) is 0 Å². The highest BCUT2D eigenvalue weighted by atomic mass is 15.2. The molecule has 6 aromatic rings. The van der Waals surface area contributed by atoms with Crippen molar-refractivity contribution in [1.29, 1.82) is 0 Å². The van der Waals surface area contributed by atoms with E-state index < -0.39 is 0 Å². The fraction of sp³-hybridized carbons (Fsp3) is 0.132. The van der Waals surface area contributed by atoms with Gasteiger partial charge in [-0.1, -0.05) is 110 Å². The predicted molar refractivity (Wildman–Crippen MR) is 172 cm³/mol. The number of aromatic nitrogens is 3. The Morgan fingerprint density at radius 1 is 0.476 bits per heavy atom. The molecule has 42 heavy (non-hydrogen) atoms. The van der Waals surface area contributed by atoms with E-state index in [2.05, 4.69) is 93.3 Å². The van der Waals surface area contributed by atoms with E-state index in [1.54, 1.807) is 0 Å². The van der Waals surface area contributed by atoms with Crippen LogP contribution in [0.3, 0.4) is 0 Å². The van der Waals surface area contributed by atoms with Crippen LogP contribution in [-0.2, 0) is 5.41 Å². The van der Waals surface area contributed by atoms with Crippen molar-refractivity contribution in [3.8, 4) is 34.2 Å². The van der Waals surface area contributed by atoms with Crippen molar-refractivity contribution in [2.24, 2.45) is 0 Å². The molecule has 0 saturated heterocycles. The van der Waals surface area contributed by atoms with Crippen molar-refractivity contribution in [3.63, 3.8) is 0 Å². The van der Waals surface area contributed by atoms with Gasteiger partial charge in [-0.25, -0.2) is 15.0 Å². The van der Waals surface area contributed by atoms with Crippen LogP contribution in [0.4, 0.5) is 17.1 Å². The summed E-state index contributed by atoms with van der Waals surface area (Å²) in [6.07, 6.45) is 0. The molecule has 4 heteroatoms. The van der Waals surface area contributed by atoms with Crippen LogP contribution >= 0.6 is 0 Å². The van der Waals surface area contributed by atoms with Crippen molar-refractivity contribution in [1.82, 2.24) is 15.0 Å². The number of rotatable bonds is 4. The zero-order chi connectivity index (χ0) is 28.8. The largest absolute Gasteiger partial charge is 0.310 e. The molecule has 7 rings (SSSR count). The van der Waals surface area contributed by atoms with Gasteiger partial charge in [0.05, 0.1) is 11.4 Å². The summed E-state index contributed by atoms with van der Waals surface area (Å²) in [5.74, 6) is 1.98. The van der Waals surface area contributed by atoms with Crippen molar-refractivity contribution >= 4 is 17.1 Å². The van der Waals surface area contributed by atoms with Gasteiger partial charge in [-0.3, -0.25) is 0 Å². The Labute approximate surface area is 247 Å². The van der Waals surface area contributed by atoms with E-state index in [4.69, 9.17) is 15.0 Å².